The van der Waals surface area contributed by atoms with Gasteiger partial charge in [0.05, 0.1) is 10.6 Å². The highest BCUT2D eigenvalue weighted by molar-refractivity contribution is 7.15. The summed E-state index contributed by atoms with van der Waals surface area (Å²) >= 11 is 1.46. The Hall–Kier alpha value is -3.32. The molecule has 0 saturated carbocycles. The number of imidazole rings is 1. The monoisotopic (exact) mass is 377 g/mol. The number of hydrogen-bond donors (Lipinski definition) is 0. The summed E-state index contributed by atoms with van der Waals surface area (Å²) in [5.41, 5.74) is 5.90. The second-order valence-electron chi connectivity index (χ2n) is 6.32. The number of fused-ring (bicyclic) bond motifs is 1. The van der Waals surface area contributed by atoms with Gasteiger partial charge in [0.15, 0.2) is 11.2 Å². The number of carbonyl (C=O) groups excluding carboxylic acids is 1. The molecule has 4 rings (SSSR count). The summed E-state index contributed by atoms with van der Waals surface area (Å²) in [6.45, 7) is 4.08. The number of hydrogen-bond acceptors (Lipinski definition) is 5. The van der Waals surface area contributed by atoms with Gasteiger partial charge in [-0.3, -0.25) is 19.3 Å². The lowest BCUT2D eigenvalue weighted by atomic mass is 10.0. The van der Waals surface area contributed by atoms with E-state index >= 15 is 0 Å². The van der Waals surface area contributed by atoms with E-state index in [2.05, 4.69) is 11.1 Å². The highest BCUT2D eigenvalue weighted by Gasteiger charge is 2.19. The largest absolute Gasteiger partial charge is 0.296 e. The van der Waals surface area contributed by atoms with Crippen LogP contribution in [0, 0.1) is 24.0 Å². The molecule has 0 aliphatic carbocycles. The van der Waals surface area contributed by atoms with Gasteiger partial charge in [-0.15, -0.1) is 11.3 Å². The van der Waals surface area contributed by atoms with Gasteiger partial charge in [0.2, 0.25) is 0 Å². The molecule has 0 N–H and O–H groups in total. The number of rotatable bonds is 4. The van der Waals surface area contributed by atoms with Gasteiger partial charge in [-0.1, -0.05) is 23.8 Å². The topological polar surface area (TPSA) is 77.5 Å². The van der Waals surface area contributed by atoms with Crippen LogP contribution in [0.3, 0.4) is 0 Å². The minimum atomic E-state index is -0.450. The van der Waals surface area contributed by atoms with Crippen LogP contribution in [-0.4, -0.2) is 20.6 Å². The Kier molecular flexibility index (Phi) is 4.08. The molecule has 0 amide bonds. The van der Waals surface area contributed by atoms with E-state index in [0.29, 0.717) is 21.9 Å². The highest BCUT2D eigenvalue weighted by atomic mass is 32.1. The molecule has 7 heteroatoms. The van der Waals surface area contributed by atoms with E-state index < -0.39 is 4.92 Å². The number of nitro groups is 1. The average molecular weight is 377 g/mol. The van der Waals surface area contributed by atoms with Gasteiger partial charge in [0.1, 0.15) is 11.4 Å². The normalized spacial score (nSPS) is 11.0. The van der Waals surface area contributed by atoms with Crippen molar-refractivity contribution in [3.8, 4) is 22.5 Å². The summed E-state index contributed by atoms with van der Waals surface area (Å²) in [5.74, 6) is 0. The van der Waals surface area contributed by atoms with E-state index in [9.17, 15) is 14.9 Å². The van der Waals surface area contributed by atoms with Crippen LogP contribution in [0.2, 0.25) is 0 Å². The van der Waals surface area contributed by atoms with Crippen molar-refractivity contribution in [3.63, 3.8) is 0 Å². The molecule has 6 nitrogen and oxygen atoms in total. The van der Waals surface area contributed by atoms with Crippen molar-refractivity contribution in [3.05, 3.63) is 74.8 Å². The van der Waals surface area contributed by atoms with Gasteiger partial charge in [-0.2, -0.15) is 0 Å². The average Bonchev–Trinajstić information content (AvgIpc) is 3.21. The molecule has 0 bridgehead atoms. The van der Waals surface area contributed by atoms with Gasteiger partial charge in [0, 0.05) is 28.6 Å². The lowest BCUT2D eigenvalue weighted by Crippen LogP contribution is -1.96. The third kappa shape index (κ3) is 2.82. The van der Waals surface area contributed by atoms with E-state index in [-0.39, 0.29) is 5.69 Å². The third-order valence-corrected chi connectivity index (χ3v) is 5.35. The molecule has 0 unspecified atom stereocenters. The minimum absolute atomic E-state index is 0.00314. The highest BCUT2D eigenvalue weighted by Crippen LogP contribution is 2.34. The summed E-state index contributed by atoms with van der Waals surface area (Å²) < 4.78 is 1.85. The first-order valence-corrected chi connectivity index (χ1v) is 9.15. The first-order valence-electron chi connectivity index (χ1n) is 8.27. The fourth-order valence-corrected chi connectivity index (χ4v) is 4.13. The van der Waals surface area contributed by atoms with E-state index in [4.69, 9.17) is 0 Å². The number of carbonyl (C=O) groups is 1. The summed E-state index contributed by atoms with van der Waals surface area (Å²) in [6.07, 6.45) is 0.788. The lowest BCUT2D eigenvalue weighted by Gasteiger charge is -2.07. The van der Waals surface area contributed by atoms with Crippen LogP contribution in [0.5, 0.6) is 0 Å². The summed E-state index contributed by atoms with van der Waals surface area (Å²) in [4.78, 5) is 27.6. The Labute approximate surface area is 158 Å². The molecule has 134 valence electrons. The molecule has 2 heterocycles. The molecule has 0 spiro atoms. The summed E-state index contributed by atoms with van der Waals surface area (Å²) in [5, 5.41) is 12.9. The van der Waals surface area contributed by atoms with Crippen LogP contribution in [-0.2, 0) is 0 Å². The van der Waals surface area contributed by atoms with E-state index in [0.717, 1.165) is 23.1 Å². The molecule has 0 radical (unpaired) electrons. The van der Waals surface area contributed by atoms with Crippen molar-refractivity contribution in [2.75, 3.05) is 0 Å². The van der Waals surface area contributed by atoms with Crippen molar-refractivity contribution >= 4 is 28.3 Å². The SMILES string of the molecule is Cc1ccc(-c2csc3nc(-c4ccc([N+](=O)[O-])cc4)c(C=O)n23)c(C)c1. The second kappa shape index (κ2) is 6.44. The Morgan fingerprint density at radius 3 is 2.52 bits per heavy atom. The molecular weight excluding hydrogens is 362 g/mol. The van der Waals surface area contributed by atoms with Gasteiger partial charge in [-0.05, 0) is 31.5 Å². The Balaban J connectivity index is 1.91. The van der Waals surface area contributed by atoms with Crippen LogP contribution in [0.25, 0.3) is 27.5 Å². The van der Waals surface area contributed by atoms with Crippen molar-refractivity contribution in [1.82, 2.24) is 9.38 Å². The quantitative estimate of drug-likeness (QED) is 0.283. The number of nitrogens with zero attached hydrogens (tertiary/aromatic N) is 3. The van der Waals surface area contributed by atoms with Gasteiger partial charge in [-0.25, -0.2) is 4.98 Å². The maximum Gasteiger partial charge on any atom is 0.269 e. The maximum atomic E-state index is 11.9. The predicted octanol–water partition coefficient (Wildman–Crippen LogP) is 5.07. The molecule has 0 aliphatic heterocycles. The minimum Gasteiger partial charge on any atom is -0.296 e. The number of aryl methyl sites for hydroxylation is 2. The maximum absolute atomic E-state index is 11.9. The van der Waals surface area contributed by atoms with Crippen LogP contribution in [0.4, 0.5) is 5.69 Å². The lowest BCUT2D eigenvalue weighted by molar-refractivity contribution is -0.384. The number of aldehydes is 1. The fraction of sp³-hybridized carbons (Fsp3) is 0.100. The zero-order valence-corrected chi connectivity index (χ0v) is 15.5. The summed E-state index contributed by atoms with van der Waals surface area (Å²) in [6, 6.07) is 12.3. The number of thiazole rings is 1. The van der Waals surface area contributed by atoms with E-state index in [1.54, 1.807) is 12.1 Å². The van der Waals surface area contributed by atoms with Crippen molar-refractivity contribution in [2.24, 2.45) is 0 Å². The molecule has 27 heavy (non-hydrogen) atoms. The van der Waals surface area contributed by atoms with Crippen molar-refractivity contribution in [1.29, 1.82) is 0 Å². The van der Waals surface area contributed by atoms with Crippen LogP contribution >= 0.6 is 11.3 Å². The van der Waals surface area contributed by atoms with E-state index in [1.165, 1.54) is 29.0 Å². The number of nitro benzene ring substituents is 1. The number of non-ortho nitro benzene ring substituents is 1. The number of benzene rings is 2. The zero-order valence-electron chi connectivity index (χ0n) is 14.7. The first-order chi connectivity index (χ1) is 13.0. The molecule has 2 aromatic carbocycles. The van der Waals surface area contributed by atoms with E-state index in [1.807, 2.05) is 35.8 Å². The molecule has 2 aromatic heterocycles. The van der Waals surface area contributed by atoms with Crippen LogP contribution < -0.4 is 0 Å². The Bertz CT molecular complexity index is 1190. The predicted molar refractivity (Wildman–Crippen MR) is 105 cm³/mol. The Morgan fingerprint density at radius 1 is 1.15 bits per heavy atom. The molecule has 0 atom stereocenters. The smallest absolute Gasteiger partial charge is 0.269 e. The molecule has 0 fully saturated rings. The van der Waals surface area contributed by atoms with Crippen LogP contribution in [0.1, 0.15) is 21.6 Å². The van der Waals surface area contributed by atoms with Crippen molar-refractivity contribution in [2.45, 2.75) is 13.8 Å². The molecule has 0 saturated heterocycles. The molecular formula is C20H15N3O3S. The zero-order chi connectivity index (χ0) is 19.1. The Morgan fingerprint density at radius 2 is 1.89 bits per heavy atom. The standard InChI is InChI=1S/C20H15N3O3S/c1-12-3-8-16(13(2)9-12)18-11-27-20-21-19(17(10-24)22(18)20)14-4-6-15(7-5-14)23(25)26/h3-11H,1-2H3. The second-order valence-corrected chi connectivity index (χ2v) is 7.16. The number of aromatic nitrogens is 2. The van der Waals surface area contributed by atoms with Crippen molar-refractivity contribution < 1.29 is 9.72 Å². The summed E-state index contributed by atoms with van der Waals surface area (Å²) in [7, 11) is 0. The van der Waals surface area contributed by atoms with Crippen LogP contribution in [0.15, 0.2) is 47.8 Å². The van der Waals surface area contributed by atoms with Gasteiger partial charge < -0.3 is 0 Å². The van der Waals surface area contributed by atoms with Gasteiger partial charge in [0.25, 0.3) is 5.69 Å². The first kappa shape index (κ1) is 17.1. The third-order valence-electron chi connectivity index (χ3n) is 4.52. The fourth-order valence-electron chi connectivity index (χ4n) is 3.23. The van der Waals surface area contributed by atoms with Gasteiger partial charge >= 0.3 is 0 Å². The molecule has 4 aromatic rings. The molecule has 0 aliphatic rings.